The molecule has 0 aliphatic carbocycles. The number of terminal acetylenes is 1. The van der Waals surface area contributed by atoms with Crippen LogP contribution in [0.5, 0.6) is 0 Å². The molecule has 10 heteroatoms. The van der Waals surface area contributed by atoms with E-state index >= 15 is 0 Å². The number of imidazole rings is 1. The fraction of sp³-hybridized carbons (Fsp3) is 0.200. The number of H-pyrrole nitrogens is 2. The fourth-order valence-corrected chi connectivity index (χ4v) is 4.35. The van der Waals surface area contributed by atoms with Gasteiger partial charge >= 0.3 is 0 Å². The number of hydrogen-bond donors (Lipinski definition) is 4. The van der Waals surface area contributed by atoms with Crippen LogP contribution in [-0.4, -0.2) is 50.2 Å². The molecule has 3 aromatic heterocycles. The maximum absolute atomic E-state index is 12.1. The van der Waals surface area contributed by atoms with Crippen LogP contribution in [0.2, 0.25) is 0 Å². The molecule has 10 nitrogen and oxygen atoms in total. The van der Waals surface area contributed by atoms with E-state index in [1.807, 2.05) is 36.7 Å². The van der Waals surface area contributed by atoms with Crippen LogP contribution in [-0.2, 0) is 4.79 Å². The number of benzene rings is 1. The van der Waals surface area contributed by atoms with Gasteiger partial charge in [-0.3, -0.25) is 19.9 Å². The van der Waals surface area contributed by atoms with Gasteiger partial charge in [-0.2, -0.15) is 5.10 Å². The van der Waals surface area contributed by atoms with E-state index < -0.39 is 0 Å². The summed E-state index contributed by atoms with van der Waals surface area (Å²) in [5.41, 5.74) is 6.55. The Morgan fingerprint density at radius 2 is 2.17 bits per heavy atom. The average molecular weight is 532 g/mol. The van der Waals surface area contributed by atoms with Crippen LogP contribution in [0.3, 0.4) is 0 Å². The molecule has 5 rings (SSSR count). The number of allylic oxidation sites excluding steroid dienone is 4. The molecule has 0 spiro atoms. The minimum atomic E-state index is -0.000726. The summed E-state index contributed by atoms with van der Waals surface area (Å²) in [6, 6.07) is 8.16. The highest BCUT2D eigenvalue weighted by molar-refractivity contribution is 5.98. The van der Waals surface area contributed by atoms with Gasteiger partial charge in [0.25, 0.3) is 0 Å². The van der Waals surface area contributed by atoms with Crippen LogP contribution in [0.1, 0.15) is 43.7 Å². The van der Waals surface area contributed by atoms with Crippen molar-refractivity contribution in [1.29, 1.82) is 0 Å². The molecule has 0 unspecified atom stereocenters. The summed E-state index contributed by atoms with van der Waals surface area (Å²) in [5.74, 6) is 0.615. The van der Waals surface area contributed by atoms with Gasteiger partial charge in [-0.25, -0.2) is 9.98 Å². The van der Waals surface area contributed by atoms with E-state index in [4.69, 9.17) is 11.4 Å². The SMILES string of the molecule is C#CN=CC=C(NCNC(=O)CCCC)c1ccc2[nH]nc(-c3nc4c(C5=CN=CCC=C5)cncc4[nH]3)c2c1. The van der Waals surface area contributed by atoms with Crippen molar-refractivity contribution in [3.63, 3.8) is 0 Å². The second-order valence-corrected chi connectivity index (χ2v) is 9.10. The van der Waals surface area contributed by atoms with Crippen molar-refractivity contribution < 1.29 is 4.79 Å². The van der Waals surface area contributed by atoms with E-state index in [0.29, 0.717) is 17.9 Å². The molecule has 1 aliphatic heterocycles. The van der Waals surface area contributed by atoms with E-state index in [-0.39, 0.29) is 12.6 Å². The molecule has 1 amide bonds. The number of nitrogens with zero attached hydrogens (tertiary/aromatic N) is 5. The van der Waals surface area contributed by atoms with Crippen LogP contribution in [0.25, 0.3) is 44.7 Å². The molecule has 0 saturated heterocycles. The van der Waals surface area contributed by atoms with Gasteiger partial charge in [0.05, 0.1) is 23.9 Å². The smallest absolute Gasteiger partial charge is 0.221 e. The van der Waals surface area contributed by atoms with Gasteiger partial charge in [0.2, 0.25) is 5.91 Å². The lowest BCUT2D eigenvalue weighted by Crippen LogP contribution is -2.32. The van der Waals surface area contributed by atoms with Gasteiger partial charge < -0.3 is 15.6 Å². The fourth-order valence-electron chi connectivity index (χ4n) is 4.35. The van der Waals surface area contributed by atoms with Crippen molar-refractivity contribution in [3.05, 3.63) is 66.1 Å². The number of aromatic nitrogens is 5. The van der Waals surface area contributed by atoms with E-state index in [9.17, 15) is 4.79 Å². The van der Waals surface area contributed by atoms with Crippen LogP contribution in [0, 0.1) is 12.5 Å². The van der Waals surface area contributed by atoms with Crippen molar-refractivity contribution in [2.45, 2.75) is 32.6 Å². The normalized spacial score (nSPS) is 13.5. The average Bonchev–Trinajstić information content (AvgIpc) is 3.50. The second-order valence-electron chi connectivity index (χ2n) is 9.10. The Labute approximate surface area is 231 Å². The highest BCUT2D eigenvalue weighted by Gasteiger charge is 2.17. The molecule has 1 aliphatic rings. The summed E-state index contributed by atoms with van der Waals surface area (Å²) in [4.78, 5) is 33.0. The van der Waals surface area contributed by atoms with E-state index in [1.54, 1.807) is 18.5 Å². The third kappa shape index (κ3) is 5.89. The van der Waals surface area contributed by atoms with Crippen molar-refractivity contribution >= 4 is 51.5 Å². The quantitative estimate of drug-likeness (QED) is 0.133. The van der Waals surface area contributed by atoms with Gasteiger partial charge in [-0.1, -0.05) is 38.0 Å². The standard InChI is InChI=1S/C30H29N9O/c1-3-5-9-27(40)35-19-34-24(12-14-31-4-2)20-10-11-25-22(15-20)29(39-38-25)30-36-26-18-33-17-23(28(26)37-30)21-8-6-7-13-32-16-21/h2,6,8,10-18,34H,3,5,7,9,19H2,1H3,(H,35,40)(H,36,37)(H,38,39). The zero-order chi connectivity index (χ0) is 27.7. The van der Waals surface area contributed by atoms with Gasteiger partial charge in [0.1, 0.15) is 11.2 Å². The summed E-state index contributed by atoms with van der Waals surface area (Å²) in [6.07, 6.45) is 23.0. The number of amides is 1. The van der Waals surface area contributed by atoms with E-state index in [1.165, 1.54) is 6.21 Å². The molecule has 40 heavy (non-hydrogen) atoms. The number of fused-ring (bicyclic) bond motifs is 2. The van der Waals surface area contributed by atoms with Gasteiger partial charge in [-0.15, -0.1) is 0 Å². The van der Waals surface area contributed by atoms with Crippen molar-refractivity contribution in [3.8, 4) is 24.0 Å². The van der Waals surface area contributed by atoms with Crippen LogP contribution in [0.4, 0.5) is 0 Å². The minimum absolute atomic E-state index is 0.000726. The summed E-state index contributed by atoms with van der Waals surface area (Å²) in [5, 5.41) is 14.7. The highest BCUT2D eigenvalue weighted by Crippen LogP contribution is 2.31. The molecule has 4 aromatic rings. The molecule has 0 fully saturated rings. The third-order valence-electron chi connectivity index (χ3n) is 6.37. The molecular formula is C30H29N9O. The molecule has 0 atom stereocenters. The second kappa shape index (κ2) is 12.5. The molecule has 200 valence electrons. The lowest BCUT2D eigenvalue weighted by molar-refractivity contribution is -0.121. The van der Waals surface area contributed by atoms with E-state index in [2.05, 4.69) is 59.8 Å². The van der Waals surface area contributed by atoms with Gasteiger partial charge in [-0.05, 0) is 30.2 Å². The monoisotopic (exact) mass is 531 g/mol. The van der Waals surface area contributed by atoms with Crippen LogP contribution >= 0.6 is 0 Å². The Hall–Kier alpha value is -5.30. The Bertz CT molecular complexity index is 1730. The number of nitrogens with one attached hydrogen (secondary N) is 4. The maximum atomic E-state index is 12.1. The number of unbranched alkanes of at least 4 members (excludes halogenated alkanes) is 1. The minimum Gasteiger partial charge on any atom is -0.367 e. The molecule has 0 bridgehead atoms. The Balaban J connectivity index is 1.48. The van der Waals surface area contributed by atoms with Crippen molar-refractivity contribution in [2.75, 3.05) is 6.67 Å². The third-order valence-corrected chi connectivity index (χ3v) is 6.37. The van der Waals surface area contributed by atoms with Gasteiger partial charge in [0.15, 0.2) is 5.82 Å². The maximum Gasteiger partial charge on any atom is 0.221 e. The van der Waals surface area contributed by atoms with E-state index in [0.717, 1.165) is 63.6 Å². The lowest BCUT2D eigenvalue weighted by Gasteiger charge is -2.12. The first-order chi connectivity index (χ1) is 19.7. The lowest BCUT2D eigenvalue weighted by atomic mass is 10.1. The first-order valence-electron chi connectivity index (χ1n) is 13.1. The largest absolute Gasteiger partial charge is 0.367 e. The number of carbonyl (C=O) groups excluding carboxylic acids is 1. The molecule has 0 saturated carbocycles. The molecule has 4 heterocycles. The summed E-state index contributed by atoms with van der Waals surface area (Å²) in [6.45, 7) is 2.32. The number of hydrogen-bond acceptors (Lipinski definition) is 7. The Kier molecular flexibility index (Phi) is 8.22. The number of rotatable bonds is 10. The first kappa shape index (κ1) is 26.3. The zero-order valence-corrected chi connectivity index (χ0v) is 22.1. The summed E-state index contributed by atoms with van der Waals surface area (Å²) < 4.78 is 0. The topological polar surface area (TPSA) is 136 Å². The summed E-state index contributed by atoms with van der Waals surface area (Å²) in [7, 11) is 0. The summed E-state index contributed by atoms with van der Waals surface area (Å²) >= 11 is 0. The Morgan fingerprint density at radius 1 is 1.25 bits per heavy atom. The number of pyridine rings is 1. The number of aromatic amines is 2. The molecule has 4 N–H and O–H groups in total. The molecular weight excluding hydrogens is 502 g/mol. The molecule has 1 aromatic carbocycles. The Morgan fingerprint density at radius 3 is 3.05 bits per heavy atom. The van der Waals surface area contributed by atoms with Crippen LogP contribution in [0.15, 0.2) is 65.0 Å². The molecule has 0 radical (unpaired) electrons. The first-order valence-corrected chi connectivity index (χ1v) is 13.1. The van der Waals surface area contributed by atoms with Gasteiger partial charge in [0, 0.05) is 65.9 Å². The predicted octanol–water partition coefficient (Wildman–Crippen LogP) is 4.73. The van der Waals surface area contributed by atoms with Crippen molar-refractivity contribution in [2.24, 2.45) is 9.98 Å². The predicted molar refractivity (Wildman–Crippen MR) is 160 cm³/mol. The van der Waals surface area contributed by atoms with Crippen LogP contribution < -0.4 is 10.6 Å². The van der Waals surface area contributed by atoms with Crippen molar-refractivity contribution in [1.82, 2.24) is 35.8 Å². The number of carbonyl (C=O) groups is 1. The number of aliphatic imine (C=N–C) groups is 2. The highest BCUT2D eigenvalue weighted by atomic mass is 16.1. The zero-order valence-electron chi connectivity index (χ0n) is 22.1.